The Morgan fingerprint density at radius 1 is 1.33 bits per heavy atom. The average molecular weight is 315 g/mol. The van der Waals surface area contributed by atoms with Crippen LogP contribution in [0.2, 0.25) is 5.15 Å². The molecule has 0 aliphatic heterocycles. The van der Waals surface area contributed by atoms with Gasteiger partial charge in [0.25, 0.3) is 0 Å². The molecule has 0 bridgehead atoms. The second-order valence-corrected chi connectivity index (χ2v) is 4.50. The summed E-state index contributed by atoms with van der Waals surface area (Å²) in [6.45, 7) is 0. The number of hydrogen-bond donors (Lipinski definition) is 1. The number of fused-ring (bicyclic) bond motifs is 1. The maximum atomic E-state index is 12.8. The second-order valence-electron chi connectivity index (χ2n) is 4.11. The molecule has 0 atom stereocenters. The maximum absolute atomic E-state index is 12.8. The van der Waals surface area contributed by atoms with Gasteiger partial charge < -0.3 is 5.73 Å². The molecule has 2 aromatic rings. The van der Waals surface area contributed by atoms with Crippen molar-refractivity contribution in [1.82, 2.24) is 9.97 Å². The number of nitrogens with two attached hydrogens (primary N) is 1. The Morgan fingerprint density at radius 2 is 2.05 bits per heavy atom. The van der Waals surface area contributed by atoms with E-state index in [-0.39, 0.29) is 16.3 Å². The summed E-state index contributed by atoms with van der Waals surface area (Å²) in [5.41, 5.74) is 4.73. The second kappa shape index (κ2) is 5.69. The van der Waals surface area contributed by atoms with Gasteiger partial charge in [-0.1, -0.05) is 11.6 Å². The molecular weight excluding hydrogens is 305 g/mol. The lowest BCUT2D eigenvalue weighted by Gasteiger charge is -2.11. The predicted molar refractivity (Wildman–Crippen MR) is 76.1 cm³/mol. The zero-order valence-corrected chi connectivity index (χ0v) is 11.6. The number of nitrogens with zero attached hydrogens (tertiary/aromatic N) is 3. The lowest BCUT2D eigenvalue weighted by molar-refractivity contribution is -0.0918. The maximum Gasteiger partial charge on any atom is 0.431 e. The van der Waals surface area contributed by atoms with Crippen LogP contribution in [0.1, 0.15) is 5.56 Å². The molecule has 8 heteroatoms. The van der Waals surface area contributed by atoms with E-state index in [0.29, 0.717) is 11.0 Å². The summed E-state index contributed by atoms with van der Waals surface area (Å²) in [7, 11) is 1.35. The molecule has 0 unspecified atom stereocenters. The largest absolute Gasteiger partial charge is 0.431 e. The molecule has 0 spiro atoms. The van der Waals surface area contributed by atoms with E-state index < -0.39 is 11.9 Å². The first-order chi connectivity index (χ1) is 9.82. The number of aromatic nitrogens is 2. The Labute approximate surface area is 123 Å². The van der Waals surface area contributed by atoms with Crippen LogP contribution in [0, 0.1) is 0 Å². The van der Waals surface area contributed by atoms with Crippen molar-refractivity contribution < 1.29 is 13.2 Å². The molecule has 2 aromatic heterocycles. The first kappa shape index (κ1) is 15.2. The van der Waals surface area contributed by atoms with E-state index in [1.54, 1.807) is 12.1 Å². The zero-order chi connectivity index (χ0) is 15.6. The number of aliphatic imine (C=N–C) groups is 1. The Hall–Kier alpha value is -2.15. The van der Waals surface area contributed by atoms with E-state index in [1.165, 1.54) is 19.3 Å². The van der Waals surface area contributed by atoms with Crippen molar-refractivity contribution in [2.75, 3.05) is 7.05 Å². The van der Waals surface area contributed by atoms with Gasteiger partial charge in [-0.15, -0.1) is 0 Å². The molecule has 0 saturated carbocycles. The molecule has 2 N–H and O–H groups in total. The van der Waals surface area contributed by atoms with Crippen molar-refractivity contribution >= 4 is 34.4 Å². The highest BCUT2D eigenvalue weighted by Gasteiger charge is 2.34. The summed E-state index contributed by atoms with van der Waals surface area (Å²) >= 11 is 5.76. The van der Waals surface area contributed by atoms with Crippen LogP contribution >= 0.6 is 11.6 Å². The Balaban J connectivity index is 2.66. The van der Waals surface area contributed by atoms with Crippen LogP contribution in [0.15, 0.2) is 35.1 Å². The van der Waals surface area contributed by atoms with Crippen LogP contribution in [0.5, 0.6) is 0 Å². The van der Waals surface area contributed by atoms with Crippen molar-refractivity contribution in [1.29, 1.82) is 0 Å². The number of pyridine rings is 2. The highest BCUT2D eigenvalue weighted by Crippen LogP contribution is 2.28. The van der Waals surface area contributed by atoms with Crippen LogP contribution < -0.4 is 5.73 Å². The van der Waals surface area contributed by atoms with Crippen LogP contribution in [-0.2, 0) is 0 Å². The summed E-state index contributed by atoms with van der Waals surface area (Å²) < 4.78 is 38.4. The fraction of sp³-hybridized carbons (Fsp3) is 0.154. The molecule has 21 heavy (non-hydrogen) atoms. The molecule has 0 radical (unpaired) electrons. The van der Waals surface area contributed by atoms with Crippen LogP contribution in [0.25, 0.3) is 16.6 Å². The molecule has 2 heterocycles. The van der Waals surface area contributed by atoms with E-state index in [1.807, 2.05) is 0 Å². The normalized spacial score (nSPS) is 13.8. The van der Waals surface area contributed by atoms with E-state index >= 15 is 0 Å². The SMILES string of the molecule is CN=CC(=C(N)C(F)(F)F)c1cnc2ccc(Cl)nc2c1. The van der Waals surface area contributed by atoms with Crippen LogP contribution in [-0.4, -0.2) is 29.4 Å². The van der Waals surface area contributed by atoms with E-state index in [2.05, 4.69) is 15.0 Å². The molecule has 0 amide bonds. The monoisotopic (exact) mass is 314 g/mol. The lowest BCUT2D eigenvalue weighted by atomic mass is 10.1. The fourth-order valence-corrected chi connectivity index (χ4v) is 1.86. The standard InChI is InChI=1S/C13H10ClF3N4/c1-19-6-8(12(18)13(15,16)17)7-4-10-9(20-5-7)2-3-11(14)21-10/h2-6H,18H2,1H3. The van der Waals surface area contributed by atoms with Gasteiger partial charge >= 0.3 is 6.18 Å². The molecule has 0 aliphatic rings. The molecule has 4 nitrogen and oxygen atoms in total. The van der Waals surface area contributed by atoms with Gasteiger partial charge in [-0.2, -0.15) is 13.2 Å². The lowest BCUT2D eigenvalue weighted by Crippen LogP contribution is -2.22. The number of hydrogen-bond acceptors (Lipinski definition) is 4. The van der Waals surface area contributed by atoms with E-state index in [9.17, 15) is 13.2 Å². The minimum Gasteiger partial charge on any atom is -0.394 e. The van der Waals surface area contributed by atoms with Gasteiger partial charge in [0.15, 0.2) is 0 Å². The fourth-order valence-electron chi connectivity index (χ4n) is 1.71. The Bertz CT molecular complexity index is 738. The van der Waals surface area contributed by atoms with Gasteiger partial charge in [-0.05, 0) is 18.2 Å². The quantitative estimate of drug-likeness (QED) is 0.684. The predicted octanol–water partition coefficient (Wildman–Crippen LogP) is 3.22. The van der Waals surface area contributed by atoms with Gasteiger partial charge in [-0.3, -0.25) is 9.98 Å². The van der Waals surface area contributed by atoms with Gasteiger partial charge in [0, 0.05) is 30.6 Å². The van der Waals surface area contributed by atoms with Crippen molar-refractivity contribution in [2.24, 2.45) is 10.7 Å². The summed E-state index contributed by atoms with van der Waals surface area (Å²) in [4.78, 5) is 11.7. The smallest absolute Gasteiger partial charge is 0.394 e. The molecule has 2 rings (SSSR count). The first-order valence-corrected chi connectivity index (χ1v) is 6.12. The summed E-state index contributed by atoms with van der Waals surface area (Å²) in [5.74, 6) is 0. The summed E-state index contributed by atoms with van der Waals surface area (Å²) in [6, 6.07) is 4.60. The van der Waals surface area contributed by atoms with Crippen LogP contribution in [0.3, 0.4) is 0 Å². The van der Waals surface area contributed by atoms with Gasteiger partial charge in [0.1, 0.15) is 10.9 Å². The number of alkyl halides is 3. The van der Waals surface area contributed by atoms with Crippen molar-refractivity contribution in [3.05, 3.63) is 40.8 Å². The topological polar surface area (TPSA) is 64.2 Å². The van der Waals surface area contributed by atoms with Gasteiger partial charge in [-0.25, -0.2) is 4.98 Å². The number of halogens is 4. The highest BCUT2D eigenvalue weighted by molar-refractivity contribution is 6.29. The third-order valence-electron chi connectivity index (χ3n) is 2.67. The molecule has 0 aliphatic carbocycles. The summed E-state index contributed by atoms with van der Waals surface area (Å²) in [6.07, 6.45) is -2.34. The van der Waals surface area contributed by atoms with Gasteiger partial charge in [0.05, 0.1) is 11.0 Å². The van der Waals surface area contributed by atoms with Gasteiger partial charge in [0.2, 0.25) is 0 Å². The van der Waals surface area contributed by atoms with E-state index in [4.69, 9.17) is 17.3 Å². The first-order valence-electron chi connectivity index (χ1n) is 5.74. The molecule has 0 aromatic carbocycles. The Kier molecular flexibility index (Phi) is 4.13. The summed E-state index contributed by atoms with van der Waals surface area (Å²) in [5, 5.41) is 0.222. The molecular formula is C13H10ClF3N4. The Morgan fingerprint density at radius 3 is 2.67 bits per heavy atom. The van der Waals surface area contributed by atoms with E-state index in [0.717, 1.165) is 6.21 Å². The zero-order valence-electron chi connectivity index (χ0n) is 10.8. The van der Waals surface area contributed by atoms with Crippen molar-refractivity contribution in [3.63, 3.8) is 0 Å². The molecule has 0 saturated heterocycles. The average Bonchev–Trinajstić information content (AvgIpc) is 2.42. The number of rotatable bonds is 2. The van der Waals surface area contributed by atoms with Crippen molar-refractivity contribution in [3.8, 4) is 0 Å². The molecule has 110 valence electrons. The third kappa shape index (κ3) is 3.30. The van der Waals surface area contributed by atoms with Crippen LogP contribution in [0.4, 0.5) is 13.2 Å². The van der Waals surface area contributed by atoms with Crippen molar-refractivity contribution in [2.45, 2.75) is 6.18 Å². The molecule has 0 fully saturated rings. The number of allylic oxidation sites excluding steroid dienone is 2. The highest BCUT2D eigenvalue weighted by atomic mass is 35.5. The minimum absolute atomic E-state index is 0.165. The minimum atomic E-state index is -4.66. The third-order valence-corrected chi connectivity index (χ3v) is 2.88.